The monoisotopic (exact) mass is 371 g/mol. The third-order valence-corrected chi connectivity index (χ3v) is 4.97. The third kappa shape index (κ3) is 3.54. The summed E-state index contributed by atoms with van der Waals surface area (Å²) in [5.74, 6) is -0.630. The first-order chi connectivity index (χ1) is 12.7. The van der Waals surface area contributed by atoms with Gasteiger partial charge in [0, 0.05) is 13.1 Å². The second kappa shape index (κ2) is 7.06. The zero-order valence-electron chi connectivity index (χ0n) is 15.9. The van der Waals surface area contributed by atoms with E-state index in [1.165, 1.54) is 0 Å². The maximum atomic E-state index is 12.7. The number of ether oxygens (including phenoxy) is 1. The van der Waals surface area contributed by atoms with Gasteiger partial charge in [-0.1, -0.05) is 6.07 Å². The number of carbonyl (C=O) groups excluding carboxylic acids is 1. The van der Waals surface area contributed by atoms with Gasteiger partial charge in [-0.25, -0.2) is 4.79 Å². The average molecular weight is 371 g/mol. The predicted molar refractivity (Wildman–Crippen MR) is 103 cm³/mol. The average Bonchev–Trinajstić information content (AvgIpc) is 3.13. The number of amides is 1. The first kappa shape index (κ1) is 18.9. The van der Waals surface area contributed by atoms with E-state index in [1.54, 1.807) is 25.1 Å². The number of aromatic nitrogens is 1. The highest BCUT2D eigenvalue weighted by atomic mass is 16.5. The molecule has 2 heterocycles. The van der Waals surface area contributed by atoms with E-state index in [0.717, 1.165) is 25.9 Å². The van der Waals surface area contributed by atoms with Gasteiger partial charge in [0.25, 0.3) is 0 Å². The molecule has 2 aromatic rings. The van der Waals surface area contributed by atoms with Crippen LogP contribution in [-0.4, -0.2) is 46.6 Å². The van der Waals surface area contributed by atoms with Crippen LogP contribution < -0.4 is 10.5 Å². The van der Waals surface area contributed by atoms with E-state index < -0.39 is 11.4 Å². The van der Waals surface area contributed by atoms with E-state index in [-0.39, 0.29) is 23.8 Å². The van der Waals surface area contributed by atoms with Gasteiger partial charge in [-0.05, 0) is 45.7 Å². The van der Waals surface area contributed by atoms with E-state index in [1.807, 2.05) is 18.7 Å². The molecule has 27 heavy (non-hydrogen) atoms. The number of benzene rings is 1. The summed E-state index contributed by atoms with van der Waals surface area (Å²) < 4.78 is 5.96. The van der Waals surface area contributed by atoms with Gasteiger partial charge in [-0.2, -0.15) is 0 Å². The van der Waals surface area contributed by atoms with Crippen LogP contribution in [0.5, 0.6) is 5.75 Å². The zero-order valence-corrected chi connectivity index (χ0v) is 15.9. The molecule has 0 bridgehead atoms. The van der Waals surface area contributed by atoms with Crippen LogP contribution in [0, 0.1) is 12.3 Å². The van der Waals surface area contributed by atoms with Crippen molar-refractivity contribution in [2.75, 3.05) is 25.4 Å². The topological polar surface area (TPSA) is 106 Å². The molecule has 0 spiro atoms. The number of likely N-dealkylation sites (tertiary alicyclic amines) is 1. The summed E-state index contributed by atoms with van der Waals surface area (Å²) in [7, 11) is 0. The van der Waals surface area contributed by atoms with E-state index >= 15 is 0 Å². The molecule has 0 aliphatic carbocycles. The molecular weight excluding hydrogens is 346 g/mol. The minimum absolute atomic E-state index is 0.0223. The Bertz CT molecular complexity index is 902. The second-order valence-electron chi connectivity index (χ2n) is 7.61. The number of nitrogens with zero attached hydrogens (tertiary/aromatic N) is 2. The van der Waals surface area contributed by atoms with Crippen LogP contribution in [0.4, 0.5) is 5.69 Å². The number of hydrogen-bond donors (Lipinski definition) is 2. The van der Waals surface area contributed by atoms with Crippen LogP contribution >= 0.6 is 0 Å². The van der Waals surface area contributed by atoms with Gasteiger partial charge >= 0.3 is 5.97 Å². The quantitative estimate of drug-likeness (QED) is 0.837. The van der Waals surface area contributed by atoms with Crippen molar-refractivity contribution in [2.45, 2.75) is 33.6 Å². The molecule has 7 nitrogen and oxygen atoms in total. The van der Waals surface area contributed by atoms with Crippen molar-refractivity contribution < 1.29 is 19.4 Å². The largest absolute Gasteiger partial charge is 0.492 e. The Hall–Kier alpha value is -2.83. The van der Waals surface area contributed by atoms with Crippen molar-refractivity contribution in [2.24, 2.45) is 5.41 Å². The molecule has 0 saturated carbocycles. The normalized spacial score (nSPS) is 14.6. The number of carbonyl (C=O) groups is 2. The van der Waals surface area contributed by atoms with Crippen LogP contribution in [0.3, 0.4) is 0 Å². The fourth-order valence-electron chi connectivity index (χ4n) is 3.50. The summed E-state index contributed by atoms with van der Waals surface area (Å²) in [6.07, 6.45) is 2.07. The van der Waals surface area contributed by atoms with E-state index in [9.17, 15) is 14.7 Å². The standard InChI is InChI=1S/C20H25N3O4/c1-12-15(18(24)25)17(21)16-13(22-12)7-6-8-14(16)27-11-20(2,3)19(26)23-9-4-5-10-23/h6-8H,4-5,9-11H2,1-3H3,(H2,21,22)(H,24,25). The van der Waals surface area contributed by atoms with Gasteiger partial charge in [0.1, 0.15) is 17.9 Å². The van der Waals surface area contributed by atoms with E-state index in [0.29, 0.717) is 22.3 Å². The molecule has 144 valence electrons. The van der Waals surface area contributed by atoms with Crippen LogP contribution in [-0.2, 0) is 4.79 Å². The first-order valence-corrected chi connectivity index (χ1v) is 9.06. The van der Waals surface area contributed by atoms with Crippen molar-refractivity contribution in [3.05, 3.63) is 29.5 Å². The molecule has 1 aliphatic heterocycles. The molecule has 1 fully saturated rings. The van der Waals surface area contributed by atoms with Gasteiger partial charge in [-0.3, -0.25) is 9.78 Å². The van der Waals surface area contributed by atoms with Gasteiger partial charge in [0.15, 0.2) is 0 Å². The van der Waals surface area contributed by atoms with Crippen molar-refractivity contribution >= 4 is 28.5 Å². The van der Waals surface area contributed by atoms with Gasteiger partial charge < -0.3 is 20.5 Å². The zero-order chi connectivity index (χ0) is 19.8. The molecule has 1 aromatic heterocycles. The number of pyridine rings is 1. The lowest BCUT2D eigenvalue weighted by Crippen LogP contribution is -2.42. The number of aromatic carboxylic acids is 1. The lowest BCUT2D eigenvalue weighted by Gasteiger charge is -2.29. The Morgan fingerprint density at radius 3 is 2.59 bits per heavy atom. The number of nitrogen functional groups attached to an aromatic ring is 1. The van der Waals surface area contributed by atoms with E-state index in [4.69, 9.17) is 10.5 Å². The number of hydrogen-bond acceptors (Lipinski definition) is 5. The summed E-state index contributed by atoms with van der Waals surface area (Å²) in [6.45, 7) is 7.06. The van der Waals surface area contributed by atoms with Gasteiger partial charge in [0.2, 0.25) is 5.91 Å². The Balaban J connectivity index is 1.92. The molecule has 1 amide bonds. The van der Waals surface area contributed by atoms with Crippen LogP contribution in [0.2, 0.25) is 0 Å². The minimum Gasteiger partial charge on any atom is -0.492 e. The van der Waals surface area contributed by atoms with Crippen molar-refractivity contribution in [3.8, 4) is 5.75 Å². The molecule has 1 saturated heterocycles. The maximum Gasteiger partial charge on any atom is 0.339 e. The number of aryl methyl sites for hydroxylation is 1. The van der Waals surface area contributed by atoms with Crippen LogP contribution in [0.25, 0.3) is 10.9 Å². The second-order valence-corrected chi connectivity index (χ2v) is 7.61. The molecule has 1 aliphatic rings. The summed E-state index contributed by atoms with van der Waals surface area (Å²) in [5, 5.41) is 9.90. The van der Waals surface area contributed by atoms with Gasteiger partial charge in [-0.15, -0.1) is 0 Å². The molecule has 3 rings (SSSR count). The number of carboxylic acids is 1. The van der Waals surface area contributed by atoms with Crippen molar-refractivity contribution in [1.29, 1.82) is 0 Å². The maximum absolute atomic E-state index is 12.7. The van der Waals surface area contributed by atoms with Gasteiger partial charge in [0.05, 0.1) is 27.7 Å². The lowest BCUT2D eigenvalue weighted by molar-refractivity contribution is -0.140. The van der Waals surface area contributed by atoms with Crippen molar-refractivity contribution in [1.82, 2.24) is 9.88 Å². The number of nitrogens with two attached hydrogens (primary N) is 1. The number of fused-ring (bicyclic) bond motifs is 1. The van der Waals surface area contributed by atoms with E-state index in [2.05, 4.69) is 4.98 Å². The Morgan fingerprint density at radius 1 is 1.30 bits per heavy atom. The molecule has 3 N–H and O–H groups in total. The highest BCUT2D eigenvalue weighted by Gasteiger charge is 2.34. The third-order valence-electron chi connectivity index (χ3n) is 4.97. The molecule has 0 atom stereocenters. The van der Waals surface area contributed by atoms with Crippen LogP contribution in [0.15, 0.2) is 18.2 Å². The smallest absolute Gasteiger partial charge is 0.339 e. The molecular formula is C20H25N3O4. The summed E-state index contributed by atoms with van der Waals surface area (Å²) in [5.41, 5.74) is 6.47. The Labute approximate surface area is 158 Å². The fraction of sp³-hybridized carbons (Fsp3) is 0.450. The molecule has 1 aromatic carbocycles. The Morgan fingerprint density at radius 2 is 1.96 bits per heavy atom. The molecule has 0 radical (unpaired) electrons. The molecule has 7 heteroatoms. The Kier molecular flexibility index (Phi) is 4.95. The summed E-state index contributed by atoms with van der Waals surface area (Å²) in [6, 6.07) is 5.26. The van der Waals surface area contributed by atoms with Crippen LogP contribution in [0.1, 0.15) is 42.7 Å². The summed E-state index contributed by atoms with van der Waals surface area (Å²) in [4.78, 5) is 30.5. The number of anilines is 1. The highest BCUT2D eigenvalue weighted by Crippen LogP contribution is 2.34. The van der Waals surface area contributed by atoms with Crippen molar-refractivity contribution in [3.63, 3.8) is 0 Å². The number of rotatable bonds is 5. The predicted octanol–water partition coefficient (Wildman–Crippen LogP) is 2.85. The summed E-state index contributed by atoms with van der Waals surface area (Å²) >= 11 is 0. The molecule has 0 unspecified atom stereocenters. The fourth-order valence-corrected chi connectivity index (χ4v) is 3.50. The minimum atomic E-state index is -1.13. The number of carboxylic acid groups (broad SMARTS) is 1. The SMILES string of the molecule is Cc1nc2cccc(OCC(C)(C)C(=O)N3CCCC3)c2c(N)c1C(=O)O. The lowest BCUT2D eigenvalue weighted by atomic mass is 9.93. The first-order valence-electron chi connectivity index (χ1n) is 9.06. The highest BCUT2D eigenvalue weighted by molar-refractivity contribution is 6.06.